The van der Waals surface area contributed by atoms with Crippen molar-refractivity contribution in [2.75, 3.05) is 19.7 Å². The van der Waals surface area contributed by atoms with Crippen LogP contribution in [0.1, 0.15) is 33.8 Å². The summed E-state index contributed by atoms with van der Waals surface area (Å²) >= 11 is 0. The highest BCUT2D eigenvalue weighted by atomic mass is 16.5. The molecule has 0 radical (unpaired) electrons. The van der Waals surface area contributed by atoms with E-state index in [4.69, 9.17) is 4.74 Å². The Balaban J connectivity index is 1.51. The predicted molar refractivity (Wildman–Crippen MR) is 102 cm³/mol. The third kappa shape index (κ3) is 3.60. The highest BCUT2D eigenvalue weighted by Crippen LogP contribution is 2.34. The number of nitrogens with zero attached hydrogens (tertiary/aromatic N) is 1. The molecule has 3 N–H and O–H groups in total. The van der Waals surface area contributed by atoms with Crippen LogP contribution in [0.5, 0.6) is 11.5 Å². The molecule has 2 atom stereocenters. The molecule has 2 aliphatic rings. The fourth-order valence-electron chi connectivity index (χ4n) is 4.02. The number of carbonyl (C=O) groups excluding carboxylic acids is 1. The molecule has 1 fully saturated rings. The first-order valence-corrected chi connectivity index (χ1v) is 9.32. The van der Waals surface area contributed by atoms with Crippen molar-refractivity contribution in [3.05, 3.63) is 59.2 Å². The van der Waals surface area contributed by atoms with Crippen molar-refractivity contribution in [3.63, 3.8) is 0 Å². The lowest BCUT2D eigenvalue weighted by molar-refractivity contribution is 0.0930. The number of aromatic hydroxyl groups is 1. The monoisotopic (exact) mass is 382 g/mol. The van der Waals surface area contributed by atoms with Gasteiger partial charge in [-0.05, 0) is 47.7 Å². The number of amides is 2. The zero-order valence-corrected chi connectivity index (χ0v) is 15.3. The first-order valence-electron chi connectivity index (χ1n) is 9.32. The van der Waals surface area contributed by atoms with Crippen LogP contribution in [0.25, 0.3) is 0 Å². The Morgan fingerprint density at radius 3 is 2.75 bits per heavy atom. The van der Waals surface area contributed by atoms with Crippen molar-refractivity contribution in [1.82, 2.24) is 10.2 Å². The molecule has 0 spiro atoms. The van der Waals surface area contributed by atoms with Crippen molar-refractivity contribution < 1.29 is 24.5 Å². The van der Waals surface area contributed by atoms with E-state index in [0.717, 1.165) is 11.1 Å². The molecular weight excluding hydrogens is 360 g/mol. The lowest BCUT2D eigenvalue weighted by Crippen LogP contribution is -2.44. The van der Waals surface area contributed by atoms with E-state index < -0.39 is 6.09 Å². The van der Waals surface area contributed by atoms with Gasteiger partial charge in [-0.1, -0.05) is 18.2 Å². The van der Waals surface area contributed by atoms with Gasteiger partial charge in [-0.3, -0.25) is 4.79 Å². The summed E-state index contributed by atoms with van der Waals surface area (Å²) in [4.78, 5) is 24.7. The molecule has 0 aliphatic carbocycles. The summed E-state index contributed by atoms with van der Waals surface area (Å²) in [5.74, 6) is 0.811. The largest absolute Gasteiger partial charge is 0.508 e. The minimum absolute atomic E-state index is 0.0310. The molecular formula is C21H22N2O5. The average molecular weight is 382 g/mol. The maximum absolute atomic E-state index is 11.8. The molecule has 1 saturated heterocycles. The number of hydrogen-bond acceptors (Lipinski definition) is 4. The van der Waals surface area contributed by atoms with Gasteiger partial charge in [0.15, 0.2) is 0 Å². The molecule has 2 aromatic rings. The summed E-state index contributed by atoms with van der Waals surface area (Å²) in [6.45, 7) is 1.73. The molecule has 0 aromatic heterocycles. The van der Waals surface area contributed by atoms with Crippen LogP contribution in [0.4, 0.5) is 4.79 Å². The molecule has 2 aliphatic heterocycles. The fourth-order valence-corrected chi connectivity index (χ4v) is 4.02. The van der Waals surface area contributed by atoms with Gasteiger partial charge >= 0.3 is 6.09 Å². The van der Waals surface area contributed by atoms with Gasteiger partial charge in [-0.15, -0.1) is 0 Å². The molecule has 7 nitrogen and oxygen atoms in total. The van der Waals surface area contributed by atoms with Crippen molar-refractivity contribution >= 4 is 12.0 Å². The van der Waals surface area contributed by atoms with E-state index in [1.54, 1.807) is 18.2 Å². The van der Waals surface area contributed by atoms with Gasteiger partial charge in [0.25, 0.3) is 5.91 Å². The lowest BCUT2D eigenvalue weighted by atomic mass is 9.81. The van der Waals surface area contributed by atoms with Crippen LogP contribution in [0, 0.1) is 5.92 Å². The van der Waals surface area contributed by atoms with E-state index in [0.29, 0.717) is 44.0 Å². The number of fused-ring (bicyclic) bond motifs is 1. The van der Waals surface area contributed by atoms with Gasteiger partial charge in [0, 0.05) is 31.1 Å². The molecule has 146 valence electrons. The van der Waals surface area contributed by atoms with Crippen LogP contribution in [0.15, 0.2) is 42.5 Å². The molecule has 4 rings (SSSR count). The summed E-state index contributed by atoms with van der Waals surface area (Å²) in [5.41, 5.74) is 2.64. The zero-order valence-electron chi connectivity index (χ0n) is 15.3. The lowest BCUT2D eigenvalue weighted by Gasteiger charge is -2.37. The highest BCUT2D eigenvalue weighted by molar-refractivity contribution is 5.98. The van der Waals surface area contributed by atoms with E-state index in [-0.39, 0.29) is 23.5 Å². The van der Waals surface area contributed by atoms with E-state index in [2.05, 4.69) is 5.32 Å². The Hall–Kier alpha value is -3.22. The summed E-state index contributed by atoms with van der Waals surface area (Å²) < 4.78 is 5.97. The normalized spacial score (nSPS) is 21.1. The number of hydrogen-bond donors (Lipinski definition) is 3. The van der Waals surface area contributed by atoms with E-state index in [1.807, 2.05) is 24.3 Å². The number of nitrogens with one attached hydrogen (secondary N) is 1. The molecule has 0 bridgehead atoms. The van der Waals surface area contributed by atoms with E-state index in [9.17, 15) is 19.8 Å². The van der Waals surface area contributed by atoms with Crippen LogP contribution in [-0.2, 0) is 6.54 Å². The second-order valence-corrected chi connectivity index (χ2v) is 7.29. The third-order valence-corrected chi connectivity index (χ3v) is 5.56. The second-order valence-electron chi connectivity index (χ2n) is 7.29. The van der Waals surface area contributed by atoms with Crippen molar-refractivity contribution in [1.29, 1.82) is 0 Å². The minimum Gasteiger partial charge on any atom is -0.508 e. The molecule has 2 unspecified atom stereocenters. The van der Waals surface area contributed by atoms with Gasteiger partial charge in [0.2, 0.25) is 0 Å². The topological polar surface area (TPSA) is 99.1 Å². The highest BCUT2D eigenvalue weighted by Gasteiger charge is 2.33. The third-order valence-electron chi connectivity index (χ3n) is 5.56. The van der Waals surface area contributed by atoms with Gasteiger partial charge in [-0.2, -0.15) is 0 Å². The molecule has 2 aromatic carbocycles. The minimum atomic E-state index is -0.927. The fraction of sp³-hybridized carbons (Fsp3) is 0.333. The number of phenolic OH excluding ortho intramolecular Hbond substituents is 1. The van der Waals surface area contributed by atoms with Crippen LogP contribution < -0.4 is 10.1 Å². The molecule has 2 heterocycles. The Kier molecular flexibility index (Phi) is 4.81. The Morgan fingerprint density at radius 2 is 2.00 bits per heavy atom. The van der Waals surface area contributed by atoms with Crippen molar-refractivity contribution in [2.24, 2.45) is 5.92 Å². The van der Waals surface area contributed by atoms with Crippen LogP contribution in [0.2, 0.25) is 0 Å². The smallest absolute Gasteiger partial charge is 0.407 e. The number of rotatable bonds is 4. The predicted octanol–water partition coefficient (Wildman–Crippen LogP) is 2.80. The summed E-state index contributed by atoms with van der Waals surface area (Å²) in [6, 6.07) is 12.5. The Bertz CT molecular complexity index is 896. The maximum Gasteiger partial charge on any atom is 0.407 e. The van der Waals surface area contributed by atoms with Gasteiger partial charge < -0.3 is 25.2 Å². The number of carboxylic acid groups (broad SMARTS) is 1. The number of carbonyl (C=O) groups is 2. The number of ether oxygens (including phenoxy) is 1. The second kappa shape index (κ2) is 7.42. The average Bonchev–Trinajstić information content (AvgIpc) is 3.07. The number of likely N-dealkylation sites (tertiary alicyclic amines) is 1. The van der Waals surface area contributed by atoms with Gasteiger partial charge in [-0.25, -0.2) is 4.79 Å². The zero-order chi connectivity index (χ0) is 19.7. The quantitative estimate of drug-likeness (QED) is 0.755. The first kappa shape index (κ1) is 18.2. The van der Waals surface area contributed by atoms with Gasteiger partial charge in [0.1, 0.15) is 11.5 Å². The van der Waals surface area contributed by atoms with Gasteiger partial charge in [0.05, 0.1) is 6.61 Å². The van der Waals surface area contributed by atoms with Crippen LogP contribution in [-0.4, -0.2) is 46.8 Å². The van der Waals surface area contributed by atoms with Crippen molar-refractivity contribution in [2.45, 2.75) is 18.9 Å². The van der Waals surface area contributed by atoms with Crippen LogP contribution >= 0.6 is 0 Å². The molecule has 0 saturated carbocycles. The van der Waals surface area contributed by atoms with Crippen LogP contribution in [0.3, 0.4) is 0 Å². The van der Waals surface area contributed by atoms with E-state index in [1.165, 1.54) is 4.90 Å². The standard InChI is InChI=1S/C21H22N2O5/c24-16-4-1-13(2-5-16)18-7-8-23(21(26)27)11-15(18)12-28-17-6-3-14-10-22-20(25)19(14)9-17/h1-6,9,15,18,24H,7-8,10-12H2,(H,22,25)(H,26,27). The maximum atomic E-state index is 11.8. The molecule has 2 amide bonds. The number of phenols is 1. The SMILES string of the molecule is O=C1NCc2ccc(OCC3CN(C(=O)O)CCC3c3ccc(O)cc3)cc21. The Labute approximate surface area is 162 Å². The summed E-state index contributed by atoms with van der Waals surface area (Å²) in [6.07, 6.45) is -0.235. The molecule has 28 heavy (non-hydrogen) atoms. The molecule has 7 heteroatoms. The summed E-state index contributed by atoms with van der Waals surface area (Å²) in [7, 11) is 0. The number of piperidine rings is 1. The summed E-state index contributed by atoms with van der Waals surface area (Å²) in [5, 5.41) is 21.7. The van der Waals surface area contributed by atoms with Crippen molar-refractivity contribution in [3.8, 4) is 11.5 Å². The Morgan fingerprint density at radius 1 is 1.21 bits per heavy atom. The number of benzene rings is 2. The first-order chi connectivity index (χ1) is 13.5. The van der Waals surface area contributed by atoms with E-state index >= 15 is 0 Å².